The zero-order chi connectivity index (χ0) is 16.0. The van der Waals surface area contributed by atoms with Crippen molar-refractivity contribution in [3.63, 3.8) is 0 Å². The monoisotopic (exact) mass is 310 g/mol. The molecule has 2 amide bonds. The molecule has 0 atom stereocenters. The summed E-state index contributed by atoms with van der Waals surface area (Å²) in [6.45, 7) is 2.98. The molecule has 1 aromatic carbocycles. The number of hydrogen-bond donors (Lipinski definition) is 3. The first-order valence-electron chi connectivity index (χ1n) is 6.26. The second kappa shape index (κ2) is 7.12. The van der Waals surface area contributed by atoms with Gasteiger partial charge in [-0.05, 0) is 26.0 Å². The molecular weight excluding hydrogens is 292 g/mol. The lowest BCUT2D eigenvalue weighted by molar-refractivity contribution is -0.149. The van der Waals surface area contributed by atoms with Crippen molar-refractivity contribution < 1.29 is 19.5 Å². The molecule has 0 saturated carbocycles. The fraction of sp³-hybridized carbons (Fsp3) is 0.357. The van der Waals surface area contributed by atoms with Gasteiger partial charge in [0.2, 0.25) is 11.8 Å². The van der Waals surface area contributed by atoms with Crippen molar-refractivity contribution >= 4 is 35.2 Å². The smallest absolute Gasteiger partial charge is 0.309 e. The van der Waals surface area contributed by atoms with E-state index in [0.29, 0.717) is 10.6 Å². The minimum atomic E-state index is -1.14. The Morgan fingerprint density at radius 2 is 1.90 bits per heavy atom. The van der Waals surface area contributed by atoms with Crippen molar-refractivity contribution in [3.8, 4) is 0 Å². The summed E-state index contributed by atoms with van der Waals surface area (Å²) in [7, 11) is 0. The molecule has 0 aliphatic carbocycles. The summed E-state index contributed by atoms with van der Waals surface area (Å²) in [6, 6.07) is 6.97. The summed E-state index contributed by atoms with van der Waals surface area (Å²) >= 11 is 1.22. The minimum absolute atomic E-state index is 0.105. The topological polar surface area (TPSA) is 109 Å². The van der Waals surface area contributed by atoms with Crippen molar-refractivity contribution in [1.82, 2.24) is 0 Å². The predicted molar refractivity (Wildman–Crippen MR) is 81.0 cm³/mol. The van der Waals surface area contributed by atoms with Gasteiger partial charge in [-0.15, -0.1) is 11.8 Å². The second-order valence-electron chi connectivity index (χ2n) is 5.17. The molecule has 0 aliphatic rings. The number of carboxylic acid groups (broad SMARTS) is 1. The Balaban J connectivity index is 2.76. The Morgan fingerprint density at radius 1 is 1.29 bits per heavy atom. The number of nitrogens with one attached hydrogen (secondary N) is 1. The van der Waals surface area contributed by atoms with E-state index in [9.17, 15) is 14.4 Å². The van der Waals surface area contributed by atoms with Crippen LogP contribution < -0.4 is 11.1 Å². The van der Waals surface area contributed by atoms with Crippen LogP contribution in [0.4, 0.5) is 5.69 Å². The summed E-state index contributed by atoms with van der Waals surface area (Å²) in [5, 5.41) is 11.7. The molecule has 0 spiro atoms. The number of carbonyl (C=O) groups is 3. The Morgan fingerprint density at radius 3 is 2.48 bits per heavy atom. The van der Waals surface area contributed by atoms with Crippen LogP contribution in [0.15, 0.2) is 29.2 Å². The van der Waals surface area contributed by atoms with Crippen molar-refractivity contribution in [2.75, 3.05) is 11.1 Å². The van der Waals surface area contributed by atoms with E-state index in [0.717, 1.165) is 0 Å². The Labute approximate surface area is 127 Å². The number of carbonyl (C=O) groups excluding carboxylic acids is 2. The Hall–Kier alpha value is -2.02. The van der Waals surface area contributed by atoms with E-state index in [2.05, 4.69) is 5.32 Å². The molecule has 0 aromatic heterocycles. The molecule has 4 N–H and O–H groups in total. The molecule has 0 aliphatic heterocycles. The summed E-state index contributed by atoms with van der Waals surface area (Å²) < 4.78 is 0. The molecule has 21 heavy (non-hydrogen) atoms. The third-order valence-electron chi connectivity index (χ3n) is 2.71. The van der Waals surface area contributed by atoms with Gasteiger partial charge >= 0.3 is 5.97 Å². The van der Waals surface area contributed by atoms with E-state index in [4.69, 9.17) is 10.8 Å². The molecule has 1 rings (SSSR count). The molecular formula is C14H18N2O4S. The average molecular weight is 310 g/mol. The van der Waals surface area contributed by atoms with Gasteiger partial charge in [-0.25, -0.2) is 0 Å². The molecule has 0 saturated heterocycles. The lowest BCUT2D eigenvalue weighted by atomic mass is 9.89. The van der Waals surface area contributed by atoms with Gasteiger partial charge in [0, 0.05) is 11.3 Å². The molecule has 0 radical (unpaired) electrons. The fourth-order valence-electron chi connectivity index (χ4n) is 1.52. The van der Waals surface area contributed by atoms with Crippen LogP contribution in [-0.2, 0) is 14.4 Å². The molecule has 6 nitrogen and oxygen atoms in total. The first-order valence-corrected chi connectivity index (χ1v) is 7.24. The highest BCUT2D eigenvalue weighted by atomic mass is 32.2. The van der Waals surface area contributed by atoms with Crippen LogP contribution in [0, 0.1) is 5.41 Å². The number of carboxylic acids is 1. The number of nitrogens with two attached hydrogens (primary N) is 1. The van der Waals surface area contributed by atoms with Crippen LogP contribution in [0.3, 0.4) is 0 Å². The van der Waals surface area contributed by atoms with E-state index < -0.39 is 23.2 Å². The van der Waals surface area contributed by atoms with Gasteiger partial charge in [0.1, 0.15) is 0 Å². The number of thioether (sulfide) groups is 1. The van der Waals surface area contributed by atoms with Crippen LogP contribution in [-0.4, -0.2) is 28.6 Å². The van der Waals surface area contributed by atoms with Crippen LogP contribution in [0.25, 0.3) is 0 Å². The van der Waals surface area contributed by atoms with Crippen LogP contribution in [0.2, 0.25) is 0 Å². The molecule has 114 valence electrons. The van der Waals surface area contributed by atoms with Gasteiger partial charge in [-0.1, -0.05) is 12.1 Å². The number of aliphatic carboxylic acids is 1. The zero-order valence-electron chi connectivity index (χ0n) is 11.9. The van der Waals surface area contributed by atoms with Crippen LogP contribution in [0.1, 0.15) is 20.3 Å². The standard InChI is InChI=1S/C14H18N2O4S/c1-14(2,13(19)20)7-12(18)16-9-5-3-4-6-10(9)21-8-11(15)17/h3-6H,7-8H2,1-2H3,(H2,15,17)(H,16,18)(H,19,20). The highest BCUT2D eigenvalue weighted by Gasteiger charge is 2.30. The quantitative estimate of drug-likeness (QED) is 0.664. The third-order valence-corrected chi connectivity index (χ3v) is 3.81. The largest absolute Gasteiger partial charge is 0.481 e. The van der Waals surface area contributed by atoms with Crippen LogP contribution in [0.5, 0.6) is 0 Å². The number of rotatable bonds is 7. The van der Waals surface area contributed by atoms with Gasteiger partial charge in [-0.2, -0.15) is 0 Å². The van der Waals surface area contributed by atoms with Crippen molar-refractivity contribution in [3.05, 3.63) is 24.3 Å². The van der Waals surface area contributed by atoms with Gasteiger partial charge in [-0.3, -0.25) is 14.4 Å². The first kappa shape index (κ1) is 17.0. The highest BCUT2D eigenvalue weighted by molar-refractivity contribution is 8.00. The molecule has 0 unspecified atom stereocenters. The Kier molecular flexibility index (Phi) is 5.78. The van der Waals surface area contributed by atoms with E-state index in [1.807, 2.05) is 0 Å². The normalized spacial score (nSPS) is 11.0. The predicted octanol–water partition coefficient (Wildman–Crippen LogP) is 1.70. The molecule has 1 aromatic rings. The molecule has 0 bridgehead atoms. The summed E-state index contributed by atoms with van der Waals surface area (Å²) in [4.78, 5) is 34.5. The number of hydrogen-bond acceptors (Lipinski definition) is 4. The van der Waals surface area contributed by atoms with E-state index in [1.54, 1.807) is 24.3 Å². The number of benzene rings is 1. The average Bonchev–Trinajstić information content (AvgIpc) is 2.36. The Bertz CT molecular complexity index is 558. The van der Waals surface area contributed by atoms with Gasteiger partial charge in [0.15, 0.2) is 0 Å². The second-order valence-corrected chi connectivity index (χ2v) is 6.18. The van der Waals surface area contributed by atoms with Crippen molar-refractivity contribution in [2.45, 2.75) is 25.2 Å². The van der Waals surface area contributed by atoms with Crippen LogP contribution >= 0.6 is 11.8 Å². The summed E-state index contributed by atoms with van der Waals surface area (Å²) in [6.07, 6.45) is -0.142. The minimum Gasteiger partial charge on any atom is -0.481 e. The molecule has 7 heteroatoms. The summed E-state index contributed by atoms with van der Waals surface area (Å²) in [5.41, 5.74) is 4.49. The van der Waals surface area contributed by atoms with E-state index in [-0.39, 0.29) is 12.2 Å². The SMILES string of the molecule is CC(C)(CC(=O)Nc1ccccc1SCC(N)=O)C(=O)O. The number of para-hydroxylation sites is 1. The van der Waals surface area contributed by atoms with E-state index >= 15 is 0 Å². The maximum absolute atomic E-state index is 11.9. The third kappa shape index (κ3) is 5.47. The number of amides is 2. The lowest BCUT2D eigenvalue weighted by Gasteiger charge is -2.18. The molecule has 0 fully saturated rings. The zero-order valence-corrected chi connectivity index (χ0v) is 12.7. The van der Waals surface area contributed by atoms with Gasteiger partial charge in [0.25, 0.3) is 0 Å². The van der Waals surface area contributed by atoms with Gasteiger partial charge in [0.05, 0.1) is 16.9 Å². The maximum atomic E-state index is 11.9. The number of anilines is 1. The highest BCUT2D eigenvalue weighted by Crippen LogP contribution is 2.28. The summed E-state index contributed by atoms with van der Waals surface area (Å²) in [5.74, 6) is -1.77. The van der Waals surface area contributed by atoms with E-state index in [1.165, 1.54) is 25.6 Å². The van der Waals surface area contributed by atoms with Gasteiger partial charge < -0.3 is 16.2 Å². The van der Waals surface area contributed by atoms with Crippen molar-refractivity contribution in [1.29, 1.82) is 0 Å². The van der Waals surface area contributed by atoms with Crippen molar-refractivity contribution in [2.24, 2.45) is 11.1 Å². The maximum Gasteiger partial charge on any atom is 0.309 e. The lowest BCUT2D eigenvalue weighted by Crippen LogP contribution is -2.29. The molecule has 0 heterocycles. The number of primary amides is 1. The first-order chi connectivity index (χ1) is 9.72. The fourth-order valence-corrected chi connectivity index (χ4v) is 2.26.